The molecule has 1 aromatic heterocycles. The number of nitrogens with zero attached hydrogens (tertiary/aromatic N) is 1. The predicted molar refractivity (Wildman–Crippen MR) is 106 cm³/mol. The van der Waals surface area contributed by atoms with Gasteiger partial charge in [0, 0.05) is 6.08 Å². The lowest BCUT2D eigenvalue weighted by Gasteiger charge is -2.25. The van der Waals surface area contributed by atoms with Crippen molar-refractivity contribution in [2.24, 2.45) is 0 Å². The minimum Gasteiger partial charge on any atom is -0.452 e. The maximum absolute atomic E-state index is 12.9. The van der Waals surface area contributed by atoms with Crippen molar-refractivity contribution in [1.29, 1.82) is 0 Å². The van der Waals surface area contributed by atoms with E-state index >= 15 is 0 Å². The summed E-state index contributed by atoms with van der Waals surface area (Å²) in [5, 5.41) is 6.97. The lowest BCUT2D eigenvalue weighted by molar-refractivity contribution is -0.147. The monoisotopic (exact) mass is 413 g/mol. The molecule has 150 valence electrons. The number of imide groups is 1. The number of esters is 1. The van der Waals surface area contributed by atoms with Crippen molar-refractivity contribution in [1.82, 2.24) is 15.8 Å². The number of amides is 4. The Morgan fingerprint density at radius 1 is 1.24 bits per heavy atom. The van der Waals surface area contributed by atoms with Crippen LogP contribution >= 0.6 is 11.3 Å². The molecule has 1 aromatic carbocycles. The minimum atomic E-state index is -1.26. The Labute approximate surface area is 171 Å². The van der Waals surface area contributed by atoms with Crippen LogP contribution in [-0.2, 0) is 24.7 Å². The summed E-state index contributed by atoms with van der Waals surface area (Å²) in [5.41, 5.74) is 2.39. The highest BCUT2D eigenvalue weighted by Crippen LogP contribution is 2.31. The molecule has 0 saturated carbocycles. The van der Waals surface area contributed by atoms with Crippen LogP contribution in [-0.4, -0.2) is 35.4 Å². The molecular formula is C20H19N3O5S. The highest BCUT2D eigenvalue weighted by Gasteiger charge is 2.52. The van der Waals surface area contributed by atoms with Gasteiger partial charge < -0.3 is 10.1 Å². The van der Waals surface area contributed by atoms with Crippen LogP contribution in [0.4, 0.5) is 4.79 Å². The maximum Gasteiger partial charge on any atom is 0.344 e. The third kappa shape index (κ3) is 4.35. The number of carbonyl (C=O) groups excluding carboxylic acids is 4. The average molecular weight is 413 g/mol. The van der Waals surface area contributed by atoms with E-state index in [0.29, 0.717) is 17.0 Å². The second-order valence-corrected chi connectivity index (χ2v) is 7.01. The molecule has 1 aliphatic rings. The summed E-state index contributed by atoms with van der Waals surface area (Å²) in [6, 6.07) is 9.86. The number of urea groups is 1. The molecule has 0 aliphatic carbocycles. The van der Waals surface area contributed by atoms with Crippen LogP contribution in [0, 0.1) is 0 Å². The number of benzene rings is 1. The number of hydrazine groups is 1. The lowest BCUT2D eigenvalue weighted by Crippen LogP contribution is -2.49. The van der Waals surface area contributed by atoms with Crippen molar-refractivity contribution in [3.05, 3.63) is 64.4 Å². The molecule has 9 heteroatoms. The van der Waals surface area contributed by atoms with Crippen LogP contribution < -0.4 is 10.7 Å². The van der Waals surface area contributed by atoms with Crippen molar-refractivity contribution in [3.63, 3.8) is 0 Å². The number of carbonyl (C=O) groups is 4. The Balaban J connectivity index is 1.59. The number of hydrogen-bond acceptors (Lipinski definition) is 6. The van der Waals surface area contributed by atoms with Crippen LogP contribution in [0.5, 0.6) is 0 Å². The van der Waals surface area contributed by atoms with Crippen molar-refractivity contribution in [3.8, 4) is 0 Å². The number of rotatable bonds is 7. The predicted octanol–water partition coefficient (Wildman–Crippen LogP) is 2.19. The van der Waals surface area contributed by atoms with Crippen LogP contribution in [0.2, 0.25) is 0 Å². The largest absolute Gasteiger partial charge is 0.452 e. The van der Waals surface area contributed by atoms with E-state index in [1.54, 1.807) is 43.3 Å². The Morgan fingerprint density at radius 2 is 2.00 bits per heavy atom. The van der Waals surface area contributed by atoms with E-state index in [1.807, 2.05) is 16.8 Å². The third-order valence-electron chi connectivity index (χ3n) is 4.43. The Hall–Kier alpha value is -3.46. The fourth-order valence-electron chi connectivity index (χ4n) is 2.91. The molecule has 2 N–H and O–H groups in total. The number of hydrogen-bond donors (Lipinski definition) is 2. The molecule has 1 aliphatic heterocycles. The number of nitrogens with one attached hydrogen (secondary N) is 2. The van der Waals surface area contributed by atoms with Gasteiger partial charge in [0.25, 0.3) is 11.8 Å². The first-order valence-corrected chi connectivity index (χ1v) is 9.79. The molecule has 4 amide bonds. The van der Waals surface area contributed by atoms with Gasteiger partial charge in [-0.05, 0) is 40.5 Å². The number of ether oxygens (including phenoxy) is 1. The van der Waals surface area contributed by atoms with Gasteiger partial charge in [-0.25, -0.2) is 9.59 Å². The van der Waals surface area contributed by atoms with Crippen LogP contribution in [0.25, 0.3) is 6.08 Å². The van der Waals surface area contributed by atoms with Crippen LogP contribution in [0.15, 0.2) is 53.2 Å². The summed E-state index contributed by atoms with van der Waals surface area (Å²) in [4.78, 5) is 49.0. The Morgan fingerprint density at radius 3 is 2.66 bits per heavy atom. The summed E-state index contributed by atoms with van der Waals surface area (Å²) >= 11 is 1.48. The molecule has 8 nitrogen and oxygen atoms in total. The fraction of sp³-hybridized carbons (Fsp3) is 0.200. The fourth-order valence-corrected chi connectivity index (χ4v) is 3.54. The van der Waals surface area contributed by atoms with E-state index in [9.17, 15) is 19.2 Å². The zero-order valence-corrected chi connectivity index (χ0v) is 16.4. The molecular weight excluding hydrogens is 394 g/mol. The topological polar surface area (TPSA) is 105 Å². The smallest absolute Gasteiger partial charge is 0.344 e. The molecule has 0 spiro atoms. The molecule has 2 heterocycles. The highest BCUT2D eigenvalue weighted by atomic mass is 32.1. The van der Waals surface area contributed by atoms with E-state index in [1.165, 1.54) is 17.4 Å². The van der Waals surface area contributed by atoms with Gasteiger partial charge in [0.1, 0.15) is 5.54 Å². The maximum atomic E-state index is 12.9. The summed E-state index contributed by atoms with van der Waals surface area (Å²) < 4.78 is 4.84. The summed E-state index contributed by atoms with van der Waals surface area (Å²) in [6.07, 6.45) is 3.06. The van der Waals surface area contributed by atoms with Gasteiger partial charge in [-0.15, -0.1) is 0 Å². The van der Waals surface area contributed by atoms with Gasteiger partial charge in [0.15, 0.2) is 6.61 Å². The van der Waals surface area contributed by atoms with Crippen molar-refractivity contribution in [2.75, 3.05) is 6.61 Å². The van der Waals surface area contributed by atoms with Crippen LogP contribution in [0.3, 0.4) is 0 Å². The van der Waals surface area contributed by atoms with Crippen molar-refractivity contribution >= 4 is 41.2 Å². The minimum absolute atomic E-state index is 0.302. The van der Waals surface area contributed by atoms with Gasteiger partial charge in [0.2, 0.25) is 0 Å². The molecule has 2 aromatic rings. The molecule has 29 heavy (non-hydrogen) atoms. The lowest BCUT2D eigenvalue weighted by atomic mass is 9.87. The van der Waals surface area contributed by atoms with Gasteiger partial charge in [-0.3, -0.25) is 15.0 Å². The Kier molecular flexibility index (Phi) is 6.08. The van der Waals surface area contributed by atoms with E-state index in [-0.39, 0.29) is 0 Å². The summed E-state index contributed by atoms with van der Waals surface area (Å²) in [7, 11) is 0. The normalized spacial score (nSPS) is 18.7. The third-order valence-corrected chi connectivity index (χ3v) is 5.13. The first-order chi connectivity index (χ1) is 14.0. The molecule has 1 atom stereocenters. The molecule has 0 bridgehead atoms. The molecule has 3 rings (SSSR count). The molecule has 1 saturated heterocycles. The second kappa shape index (κ2) is 8.70. The Bertz CT molecular complexity index is 942. The zero-order chi connectivity index (χ0) is 20.9. The van der Waals surface area contributed by atoms with Crippen molar-refractivity contribution < 1.29 is 23.9 Å². The highest BCUT2D eigenvalue weighted by molar-refractivity contribution is 7.08. The van der Waals surface area contributed by atoms with E-state index in [0.717, 1.165) is 5.56 Å². The first-order valence-electron chi connectivity index (χ1n) is 8.85. The number of thiophene rings is 1. The van der Waals surface area contributed by atoms with Gasteiger partial charge in [-0.1, -0.05) is 37.3 Å². The average Bonchev–Trinajstić information content (AvgIpc) is 3.34. The van der Waals surface area contributed by atoms with Crippen LogP contribution in [0.1, 0.15) is 24.5 Å². The standard InChI is InChI=1S/C20H19N3O5S/c1-2-20(15-6-4-3-5-7-15)18(26)23(19(27)21-20)22-16(24)12-28-17(25)9-8-14-10-11-29-13-14/h3-11,13H,2,12H2,1H3,(H,21,27)(H,22,24)/b9-8+/t20-/m0/s1. The van der Waals surface area contributed by atoms with Gasteiger partial charge >= 0.3 is 12.0 Å². The van der Waals surface area contributed by atoms with Gasteiger partial charge in [0.05, 0.1) is 0 Å². The second-order valence-electron chi connectivity index (χ2n) is 6.23. The van der Waals surface area contributed by atoms with Gasteiger partial charge in [-0.2, -0.15) is 16.3 Å². The zero-order valence-electron chi connectivity index (χ0n) is 15.6. The van der Waals surface area contributed by atoms with E-state index < -0.39 is 36.0 Å². The SMILES string of the molecule is CC[C@@]1(c2ccccc2)NC(=O)N(NC(=O)COC(=O)/C=C/c2ccsc2)C1=O. The quantitative estimate of drug-likeness (QED) is 0.411. The molecule has 0 unspecified atom stereocenters. The van der Waals surface area contributed by atoms with E-state index in [4.69, 9.17) is 4.74 Å². The molecule has 1 fully saturated rings. The molecule has 0 radical (unpaired) electrons. The first kappa shape index (κ1) is 20.3. The van der Waals surface area contributed by atoms with Crippen molar-refractivity contribution in [2.45, 2.75) is 18.9 Å². The van der Waals surface area contributed by atoms with E-state index in [2.05, 4.69) is 10.7 Å². The summed E-state index contributed by atoms with van der Waals surface area (Å²) in [5.74, 6) is -2.12. The summed E-state index contributed by atoms with van der Waals surface area (Å²) in [6.45, 7) is 1.13.